The van der Waals surface area contributed by atoms with Crippen LogP contribution in [0.1, 0.15) is 31.0 Å². The lowest BCUT2D eigenvalue weighted by Crippen LogP contribution is -2.34. The van der Waals surface area contributed by atoms with E-state index in [4.69, 9.17) is 5.73 Å². The second-order valence-electron chi connectivity index (χ2n) is 3.45. The highest BCUT2D eigenvalue weighted by Gasteiger charge is 2.18. The number of carbonyl (C=O) groups excluding carboxylic acids is 1. The Bertz CT molecular complexity index is 336. The van der Waals surface area contributed by atoms with Crippen molar-refractivity contribution >= 4 is 5.91 Å². The molecule has 0 aliphatic carbocycles. The largest absolute Gasteiger partial charge is 0.368 e. The van der Waals surface area contributed by atoms with Gasteiger partial charge in [0.05, 0.1) is 0 Å². The average Bonchev–Trinajstić information content (AvgIpc) is 2.25. The highest BCUT2D eigenvalue weighted by Crippen LogP contribution is 2.18. The minimum Gasteiger partial charge on any atom is -0.368 e. The van der Waals surface area contributed by atoms with Crippen LogP contribution in [0, 0.1) is 0 Å². The number of rotatable bonds is 5. The summed E-state index contributed by atoms with van der Waals surface area (Å²) in [6, 6.07) is 7.53. The summed E-state index contributed by atoms with van der Waals surface area (Å²) in [6.45, 7) is 4.76. The Balaban J connectivity index is 3.04. The number of amides is 1. The SMILES string of the molecule is CCNC(C(N)=O)c1ccccc1CC. The molecular weight excluding hydrogens is 188 g/mol. The summed E-state index contributed by atoms with van der Waals surface area (Å²) in [4.78, 5) is 11.3. The van der Waals surface area contributed by atoms with Crippen molar-refractivity contribution in [3.05, 3.63) is 35.4 Å². The third-order valence-corrected chi connectivity index (χ3v) is 2.44. The number of nitrogens with one attached hydrogen (secondary N) is 1. The van der Waals surface area contributed by atoms with Crippen LogP contribution in [0.15, 0.2) is 24.3 Å². The molecule has 0 radical (unpaired) electrons. The van der Waals surface area contributed by atoms with Crippen LogP contribution in [0.2, 0.25) is 0 Å². The van der Waals surface area contributed by atoms with Gasteiger partial charge < -0.3 is 11.1 Å². The van der Waals surface area contributed by atoms with E-state index in [9.17, 15) is 4.79 Å². The number of likely N-dealkylation sites (N-methyl/N-ethyl adjacent to an activating group) is 1. The molecule has 0 spiro atoms. The average molecular weight is 206 g/mol. The van der Waals surface area contributed by atoms with Gasteiger partial charge in [0, 0.05) is 0 Å². The number of benzene rings is 1. The fourth-order valence-corrected chi connectivity index (χ4v) is 1.71. The van der Waals surface area contributed by atoms with Gasteiger partial charge >= 0.3 is 0 Å². The number of aryl methyl sites for hydroxylation is 1. The van der Waals surface area contributed by atoms with Gasteiger partial charge in [0.2, 0.25) is 5.91 Å². The van der Waals surface area contributed by atoms with Gasteiger partial charge in [-0.05, 0) is 24.1 Å². The zero-order chi connectivity index (χ0) is 11.3. The molecule has 1 aromatic rings. The molecule has 0 aliphatic rings. The molecule has 82 valence electrons. The maximum Gasteiger partial charge on any atom is 0.239 e. The van der Waals surface area contributed by atoms with Crippen LogP contribution in [0.5, 0.6) is 0 Å². The lowest BCUT2D eigenvalue weighted by molar-refractivity contribution is -0.120. The molecule has 0 aromatic heterocycles. The van der Waals surface area contributed by atoms with Gasteiger partial charge in [-0.2, -0.15) is 0 Å². The molecule has 0 fully saturated rings. The fourth-order valence-electron chi connectivity index (χ4n) is 1.71. The third kappa shape index (κ3) is 2.80. The summed E-state index contributed by atoms with van der Waals surface area (Å²) in [5, 5.41) is 3.10. The predicted molar refractivity (Wildman–Crippen MR) is 61.4 cm³/mol. The minimum atomic E-state index is -0.369. The fraction of sp³-hybridized carbons (Fsp3) is 0.417. The Morgan fingerprint density at radius 1 is 1.40 bits per heavy atom. The third-order valence-electron chi connectivity index (χ3n) is 2.44. The molecule has 1 amide bonds. The number of nitrogens with two attached hydrogens (primary N) is 1. The Morgan fingerprint density at radius 2 is 2.07 bits per heavy atom. The molecule has 3 N–H and O–H groups in total. The summed E-state index contributed by atoms with van der Waals surface area (Å²) in [5.41, 5.74) is 7.54. The van der Waals surface area contributed by atoms with Crippen molar-refractivity contribution in [2.45, 2.75) is 26.3 Å². The van der Waals surface area contributed by atoms with Gasteiger partial charge in [-0.1, -0.05) is 38.1 Å². The van der Waals surface area contributed by atoms with Crippen molar-refractivity contribution in [2.75, 3.05) is 6.54 Å². The zero-order valence-corrected chi connectivity index (χ0v) is 9.29. The van der Waals surface area contributed by atoms with Crippen molar-refractivity contribution in [1.82, 2.24) is 5.32 Å². The van der Waals surface area contributed by atoms with E-state index in [1.807, 2.05) is 31.2 Å². The summed E-state index contributed by atoms with van der Waals surface area (Å²) in [7, 11) is 0. The van der Waals surface area contributed by atoms with E-state index in [-0.39, 0.29) is 11.9 Å². The first-order chi connectivity index (χ1) is 7.20. The molecule has 0 saturated carbocycles. The van der Waals surface area contributed by atoms with E-state index in [1.165, 1.54) is 5.56 Å². The quantitative estimate of drug-likeness (QED) is 0.764. The molecule has 15 heavy (non-hydrogen) atoms. The molecule has 0 heterocycles. The summed E-state index contributed by atoms with van der Waals surface area (Å²) < 4.78 is 0. The molecule has 1 unspecified atom stereocenters. The van der Waals surface area contributed by atoms with Gasteiger partial charge in [0.15, 0.2) is 0 Å². The second kappa shape index (κ2) is 5.51. The molecule has 0 saturated heterocycles. The van der Waals surface area contributed by atoms with Gasteiger partial charge in [-0.15, -0.1) is 0 Å². The van der Waals surface area contributed by atoms with Gasteiger partial charge in [-0.25, -0.2) is 0 Å². The maximum atomic E-state index is 11.3. The van der Waals surface area contributed by atoms with Gasteiger partial charge in [0.25, 0.3) is 0 Å². The van der Waals surface area contributed by atoms with E-state index < -0.39 is 0 Å². The van der Waals surface area contributed by atoms with E-state index >= 15 is 0 Å². The van der Waals surface area contributed by atoms with Crippen molar-refractivity contribution in [3.8, 4) is 0 Å². The number of hydrogen-bond donors (Lipinski definition) is 2. The monoisotopic (exact) mass is 206 g/mol. The lowest BCUT2D eigenvalue weighted by atomic mass is 9.98. The van der Waals surface area contributed by atoms with Crippen LogP contribution < -0.4 is 11.1 Å². The first-order valence-corrected chi connectivity index (χ1v) is 5.31. The highest BCUT2D eigenvalue weighted by molar-refractivity contribution is 5.81. The maximum absolute atomic E-state index is 11.3. The van der Waals surface area contributed by atoms with Crippen LogP contribution in [-0.4, -0.2) is 12.5 Å². The number of hydrogen-bond acceptors (Lipinski definition) is 2. The molecule has 1 atom stereocenters. The first kappa shape index (κ1) is 11.7. The minimum absolute atomic E-state index is 0.322. The zero-order valence-electron chi connectivity index (χ0n) is 9.29. The molecule has 1 rings (SSSR count). The topological polar surface area (TPSA) is 55.1 Å². The summed E-state index contributed by atoms with van der Waals surface area (Å²) in [6.07, 6.45) is 0.908. The van der Waals surface area contributed by atoms with Crippen LogP contribution >= 0.6 is 0 Å². The lowest BCUT2D eigenvalue weighted by Gasteiger charge is -2.17. The smallest absolute Gasteiger partial charge is 0.239 e. The molecule has 1 aromatic carbocycles. The van der Waals surface area contributed by atoms with E-state index in [1.54, 1.807) is 0 Å². The van der Waals surface area contributed by atoms with E-state index in [0.717, 1.165) is 18.5 Å². The highest BCUT2D eigenvalue weighted by atomic mass is 16.1. The normalized spacial score (nSPS) is 12.4. The summed E-state index contributed by atoms with van der Waals surface area (Å²) in [5.74, 6) is -0.322. The van der Waals surface area contributed by atoms with Crippen LogP contribution in [0.4, 0.5) is 0 Å². The first-order valence-electron chi connectivity index (χ1n) is 5.31. The Labute approximate surface area is 90.7 Å². The van der Waals surface area contributed by atoms with Gasteiger partial charge in [0.1, 0.15) is 6.04 Å². The predicted octanol–water partition coefficient (Wildman–Crippen LogP) is 1.38. The molecule has 0 bridgehead atoms. The molecule has 3 heteroatoms. The standard InChI is InChI=1S/C12H18N2O/c1-3-9-7-5-6-8-10(9)11(12(13)15)14-4-2/h5-8,11,14H,3-4H2,1-2H3,(H2,13,15). The van der Waals surface area contributed by atoms with Crippen molar-refractivity contribution < 1.29 is 4.79 Å². The second-order valence-corrected chi connectivity index (χ2v) is 3.45. The van der Waals surface area contributed by atoms with Crippen LogP contribution in [0.25, 0.3) is 0 Å². The summed E-state index contributed by atoms with van der Waals surface area (Å²) >= 11 is 0. The van der Waals surface area contributed by atoms with Crippen molar-refractivity contribution in [1.29, 1.82) is 0 Å². The van der Waals surface area contributed by atoms with Crippen molar-refractivity contribution in [2.24, 2.45) is 5.73 Å². The van der Waals surface area contributed by atoms with E-state index in [2.05, 4.69) is 12.2 Å². The van der Waals surface area contributed by atoms with Crippen LogP contribution in [-0.2, 0) is 11.2 Å². The number of carbonyl (C=O) groups is 1. The Morgan fingerprint density at radius 3 is 2.60 bits per heavy atom. The molecule has 3 nitrogen and oxygen atoms in total. The molecule has 0 aliphatic heterocycles. The van der Waals surface area contributed by atoms with Gasteiger partial charge in [-0.3, -0.25) is 4.79 Å². The number of primary amides is 1. The Kier molecular flexibility index (Phi) is 4.31. The van der Waals surface area contributed by atoms with Crippen LogP contribution in [0.3, 0.4) is 0 Å². The van der Waals surface area contributed by atoms with Crippen molar-refractivity contribution in [3.63, 3.8) is 0 Å². The molecular formula is C12H18N2O. The Hall–Kier alpha value is -1.35. The van der Waals surface area contributed by atoms with E-state index in [0.29, 0.717) is 0 Å².